The van der Waals surface area contributed by atoms with Crippen molar-refractivity contribution < 1.29 is 14.3 Å². The lowest BCUT2D eigenvalue weighted by atomic mass is 9.97. The topological polar surface area (TPSA) is 86.7 Å². The molecule has 1 amide bonds. The summed E-state index contributed by atoms with van der Waals surface area (Å²) in [6, 6.07) is 15.6. The van der Waals surface area contributed by atoms with Gasteiger partial charge in [0.1, 0.15) is 12.1 Å². The Bertz CT molecular complexity index is 1600. The monoisotopic (exact) mass is 520 g/mol. The minimum Gasteiger partial charge on any atom is -0.382 e. The van der Waals surface area contributed by atoms with E-state index in [2.05, 4.69) is 21.1 Å². The van der Waals surface area contributed by atoms with Gasteiger partial charge in [0.05, 0.1) is 32.9 Å². The standard InChI is InChI=1S/C30H28N6O3/c1-31-23-8-9-24(26(15-23)29-34-32-18-35(29)2)22-13-27(20-6-7-20)33-28(14-22)36-16-21-5-4-19(12-25(21)30(36)37)17-39-11-10-38-3/h4-5,8-9,12-15,18,20H,6-7,10-11,16-17H2,2-3H3. The molecule has 9 nitrogen and oxygen atoms in total. The van der Waals surface area contributed by atoms with Crippen molar-refractivity contribution in [2.45, 2.75) is 31.9 Å². The van der Waals surface area contributed by atoms with Crippen molar-refractivity contribution in [1.82, 2.24) is 19.7 Å². The zero-order chi connectivity index (χ0) is 26.9. The first-order valence-electron chi connectivity index (χ1n) is 12.9. The van der Waals surface area contributed by atoms with Crippen LogP contribution in [0.1, 0.15) is 45.9 Å². The molecule has 1 aliphatic carbocycles. The van der Waals surface area contributed by atoms with E-state index in [9.17, 15) is 4.79 Å². The van der Waals surface area contributed by atoms with Crippen LogP contribution in [-0.2, 0) is 29.7 Å². The Hall–Kier alpha value is -4.39. The van der Waals surface area contributed by atoms with Crippen molar-refractivity contribution in [3.05, 3.63) is 88.7 Å². The van der Waals surface area contributed by atoms with Crippen LogP contribution in [-0.4, -0.2) is 46.0 Å². The van der Waals surface area contributed by atoms with Gasteiger partial charge in [-0.15, -0.1) is 10.2 Å². The molecule has 0 saturated heterocycles. The van der Waals surface area contributed by atoms with Gasteiger partial charge in [-0.05, 0) is 59.4 Å². The summed E-state index contributed by atoms with van der Waals surface area (Å²) < 4.78 is 12.5. The third-order valence-electron chi connectivity index (χ3n) is 7.18. The summed E-state index contributed by atoms with van der Waals surface area (Å²) in [7, 11) is 3.52. The van der Waals surface area contributed by atoms with Crippen molar-refractivity contribution in [1.29, 1.82) is 0 Å². The lowest BCUT2D eigenvalue weighted by molar-refractivity contribution is 0.0616. The van der Waals surface area contributed by atoms with Crippen molar-refractivity contribution in [3.8, 4) is 22.5 Å². The van der Waals surface area contributed by atoms with Crippen LogP contribution in [0.3, 0.4) is 0 Å². The number of anilines is 1. The lowest BCUT2D eigenvalue weighted by Crippen LogP contribution is -2.24. The molecule has 2 aromatic heterocycles. The first kappa shape index (κ1) is 24.9. The van der Waals surface area contributed by atoms with E-state index in [0.29, 0.717) is 55.2 Å². The average Bonchev–Trinajstić information content (AvgIpc) is 3.65. The number of rotatable bonds is 9. The number of methoxy groups -OCH3 is 1. The second kappa shape index (κ2) is 10.4. The number of hydrogen-bond donors (Lipinski definition) is 0. The quantitative estimate of drug-likeness (QED) is 0.220. The fraction of sp³-hybridized carbons (Fsp3) is 0.300. The Morgan fingerprint density at radius 2 is 1.92 bits per heavy atom. The van der Waals surface area contributed by atoms with Gasteiger partial charge in [-0.2, -0.15) is 0 Å². The number of aryl methyl sites for hydroxylation is 1. The van der Waals surface area contributed by atoms with E-state index < -0.39 is 0 Å². The molecule has 1 aliphatic heterocycles. The number of aromatic nitrogens is 4. The highest BCUT2D eigenvalue weighted by molar-refractivity contribution is 6.10. The number of pyridine rings is 1. The maximum atomic E-state index is 13.6. The van der Waals surface area contributed by atoms with Gasteiger partial charge in [-0.1, -0.05) is 24.3 Å². The van der Waals surface area contributed by atoms with Crippen molar-refractivity contribution in [3.63, 3.8) is 0 Å². The van der Waals surface area contributed by atoms with Crippen molar-refractivity contribution in [2.75, 3.05) is 25.2 Å². The first-order valence-corrected chi connectivity index (χ1v) is 12.9. The van der Waals surface area contributed by atoms with Crippen LogP contribution in [0, 0.1) is 6.57 Å². The Morgan fingerprint density at radius 1 is 1.05 bits per heavy atom. The summed E-state index contributed by atoms with van der Waals surface area (Å²) in [5.41, 5.74) is 6.80. The molecule has 0 spiro atoms. The Kier molecular flexibility index (Phi) is 6.65. The number of amides is 1. The second-order valence-electron chi connectivity index (χ2n) is 9.95. The summed E-state index contributed by atoms with van der Waals surface area (Å²) in [6.07, 6.45) is 3.82. The van der Waals surface area contributed by atoms with Gasteiger partial charge in [-0.3, -0.25) is 9.69 Å². The molecule has 1 fully saturated rings. The van der Waals surface area contributed by atoms with Gasteiger partial charge >= 0.3 is 0 Å². The van der Waals surface area contributed by atoms with Crippen LogP contribution in [0.25, 0.3) is 27.4 Å². The van der Waals surface area contributed by atoms with Gasteiger partial charge in [-0.25, -0.2) is 9.83 Å². The van der Waals surface area contributed by atoms with E-state index in [0.717, 1.165) is 46.4 Å². The van der Waals surface area contributed by atoms with Gasteiger partial charge in [0.2, 0.25) is 0 Å². The molecular weight excluding hydrogens is 492 g/mol. The Morgan fingerprint density at radius 3 is 2.67 bits per heavy atom. The number of benzene rings is 2. The highest BCUT2D eigenvalue weighted by Gasteiger charge is 2.32. The molecule has 6 rings (SSSR count). The first-order chi connectivity index (χ1) is 19.1. The molecular formula is C30H28N6O3. The summed E-state index contributed by atoms with van der Waals surface area (Å²) in [5, 5.41) is 8.36. The van der Waals surface area contributed by atoms with Crippen LogP contribution in [0.4, 0.5) is 11.5 Å². The molecule has 0 bridgehead atoms. The molecule has 0 N–H and O–H groups in total. The number of hydrogen-bond acceptors (Lipinski definition) is 6. The molecule has 0 atom stereocenters. The molecule has 9 heteroatoms. The van der Waals surface area contributed by atoms with E-state index in [4.69, 9.17) is 21.0 Å². The molecule has 39 heavy (non-hydrogen) atoms. The predicted molar refractivity (Wildman–Crippen MR) is 146 cm³/mol. The summed E-state index contributed by atoms with van der Waals surface area (Å²) in [4.78, 5) is 24.0. The summed E-state index contributed by atoms with van der Waals surface area (Å²) in [5.74, 6) is 1.63. The van der Waals surface area contributed by atoms with Crippen LogP contribution < -0.4 is 4.90 Å². The summed E-state index contributed by atoms with van der Waals surface area (Å²) >= 11 is 0. The van der Waals surface area contributed by atoms with Crippen LogP contribution >= 0.6 is 0 Å². The van der Waals surface area contributed by atoms with E-state index in [1.165, 1.54) is 0 Å². The van der Waals surface area contributed by atoms with Crippen molar-refractivity contribution in [2.24, 2.45) is 7.05 Å². The number of fused-ring (bicyclic) bond motifs is 1. The molecule has 196 valence electrons. The minimum absolute atomic E-state index is 0.0629. The third-order valence-corrected chi connectivity index (χ3v) is 7.18. The SMILES string of the molecule is [C-]#[N+]c1ccc(-c2cc(C3CC3)nc(N3Cc4ccc(COCCOC)cc4C3=O)c2)c(-c2nncn2C)c1. The number of carbonyl (C=O) groups is 1. The van der Waals surface area contributed by atoms with Crippen molar-refractivity contribution >= 4 is 17.4 Å². The zero-order valence-electron chi connectivity index (χ0n) is 21.9. The van der Waals surface area contributed by atoms with Crippen LogP contribution in [0.5, 0.6) is 0 Å². The predicted octanol–water partition coefficient (Wildman–Crippen LogP) is 5.30. The van der Waals surface area contributed by atoms with Gasteiger partial charge in [0, 0.05) is 36.9 Å². The maximum Gasteiger partial charge on any atom is 0.260 e. The molecule has 2 aromatic carbocycles. The lowest BCUT2D eigenvalue weighted by Gasteiger charge is -2.18. The second-order valence-corrected chi connectivity index (χ2v) is 9.95. The number of carbonyl (C=O) groups excluding carboxylic acids is 1. The fourth-order valence-corrected chi connectivity index (χ4v) is 4.94. The molecule has 2 aliphatic rings. The Balaban J connectivity index is 1.37. The van der Waals surface area contributed by atoms with Crippen LogP contribution in [0.15, 0.2) is 54.9 Å². The molecule has 0 unspecified atom stereocenters. The normalized spacial score (nSPS) is 14.5. The fourth-order valence-electron chi connectivity index (χ4n) is 4.94. The number of nitrogens with zero attached hydrogens (tertiary/aromatic N) is 6. The highest BCUT2D eigenvalue weighted by Crippen LogP contribution is 2.43. The largest absolute Gasteiger partial charge is 0.382 e. The van der Waals surface area contributed by atoms with Gasteiger partial charge in [0.15, 0.2) is 11.5 Å². The van der Waals surface area contributed by atoms with E-state index in [1.807, 2.05) is 54.1 Å². The molecule has 0 radical (unpaired) electrons. The number of ether oxygens (including phenoxy) is 2. The van der Waals surface area contributed by atoms with E-state index >= 15 is 0 Å². The van der Waals surface area contributed by atoms with E-state index in [1.54, 1.807) is 18.3 Å². The van der Waals surface area contributed by atoms with Gasteiger partial charge < -0.3 is 14.0 Å². The summed E-state index contributed by atoms with van der Waals surface area (Å²) in [6.45, 7) is 9.43. The molecule has 3 heterocycles. The average molecular weight is 521 g/mol. The molecule has 4 aromatic rings. The minimum atomic E-state index is -0.0629. The third kappa shape index (κ3) is 4.92. The molecule has 1 saturated carbocycles. The highest BCUT2D eigenvalue weighted by atomic mass is 16.5. The Labute approximate surface area is 226 Å². The zero-order valence-corrected chi connectivity index (χ0v) is 21.9. The van der Waals surface area contributed by atoms with Gasteiger partial charge in [0.25, 0.3) is 5.91 Å². The van der Waals surface area contributed by atoms with E-state index in [-0.39, 0.29) is 5.91 Å². The van der Waals surface area contributed by atoms with Crippen LogP contribution in [0.2, 0.25) is 0 Å². The smallest absolute Gasteiger partial charge is 0.260 e. The maximum absolute atomic E-state index is 13.6.